The van der Waals surface area contributed by atoms with Crippen molar-refractivity contribution >= 4 is 23.6 Å². The molecular weight excluding hydrogens is 437 g/mol. The topological polar surface area (TPSA) is 88.8 Å². The molecule has 1 fully saturated rings. The molecule has 2 amide bonds. The highest BCUT2D eigenvalue weighted by atomic mass is 35.5. The molecule has 166 valence electrons. The van der Waals surface area contributed by atoms with Crippen LogP contribution in [0.1, 0.15) is 28.4 Å². The van der Waals surface area contributed by atoms with E-state index in [0.29, 0.717) is 25.2 Å². The molecule has 0 bridgehead atoms. The zero-order valence-electron chi connectivity index (χ0n) is 16.5. The molecule has 0 radical (unpaired) electrons. The molecule has 1 aromatic heterocycles. The molecule has 2 heterocycles. The van der Waals surface area contributed by atoms with Crippen LogP contribution in [0.5, 0.6) is 5.75 Å². The zero-order chi connectivity index (χ0) is 22.8. The SMILES string of the molecule is CC1CN(Cc2cccc(C(F)(F)F)c2Cl)CCN1C(=O)Oc1cncc(C(N)=O)c1. The summed E-state index contributed by atoms with van der Waals surface area (Å²) in [7, 11) is 0. The third-order valence-electron chi connectivity index (χ3n) is 4.93. The lowest BCUT2D eigenvalue weighted by atomic mass is 10.1. The predicted octanol–water partition coefficient (Wildman–Crippen LogP) is 3.56. The number of rotatable bonds is 4. The van der Waals surface area contributed by atoms with E-state index in [4.69, 9.17) is 22.1 Å². The Morgan fingerprint density at radius 2 is 2.03 bits per heavy atom. The van der Waals surface area contributed by atoms with E-state index >= 15 is 0 Å². The monoisotopic (exact) mass is 456 g/mol. The van der Waals surface area contributed by atoms with Gasteiger partial charge < -0.3 is 15.4 Å². The second kappa shape index (κ2) is 9.11. The van der Waals surface area contributed by atoms with Gasteiger partial charge in [0.15, 0.2) is 5.75 Å². The molecule has 1 atom stereocenters. The minimum Gasteiger partial charge on any atom is -0.409 e. The van der Waals surface area contributed by atoms with E-state index in [1.807, 2.05) is 4.90 Å². The van der Waals surface area contributed by atoms with Crippen LogP contribution in [-0.2, 0) is 12.7 Å². The standard InChI is InChI=1S/C20H20ClF3N4O3/c1-12-10-27(11-13-3-2-4-16(17(13)21)20(22,23)24)5-6-28(12)19(30)31-15-7-14(18(25)29)8-26-9-15/h2-4,7-9,12H,5-6,10-11H2,1H3,(H2,25,29). The molecule has 2 aromatic rings. The summed E-state index contributed by atoms with van der Waals surface area (Å²) < 4.78 is 44.5. The lowest BCUT2D eigenvalue weighted by Crippen LogP contribution is -2.54. The van der Waals surface area contributed by atoms with Gasteiger partial charge in [0.1, 0.15) is 0 Å². The maximum absolute atomic E-state index is 13.1. The molecule has 7 nitrogen and oxygen atoms in total. The number of ether oxygens (including phenoxy) is 1. The molecule has 1 aliphatic rings. The van der Waals surface area contributed by atoms with Gasteiger partial charge in [-0.15, -0.1) is 0 Å². The Hall–Kier alpha value is -2.85. The molecule has 0 aliphatic carbocycles. The van der Waals surface area contributed by atoms with Crippen molar-refractivity contribution < 1.29 is 27.5 Å². The van der Waals surface area contributed by atoms with Crippen LogP contribution in [0.2, 0.25) is 5.02 Å². The maximum Gasteiger partial charge on any atom is 0.417 e. The fourth-order valence-corrected chi connectivity index (χ4v) is 3.67. The number of carbonyl (C=O) groups is 2. The molecule has 1 saturated heterocycles. The van der Waals surface area contributed by atoms with E-state index in [-0.39, 0.29) is 28.9 Å². The number of primary amides is 1. The van der Waals surface area contributed by atoms with Gasteiger partial charge in [-0.1, -0.05) is 23.7 Å². The summed E-state index contributed by atoms with van der Waals surface area (Å²) in [5.41, 5.74) is 4.81. The minimum atomic E-state index is -4.52. The third kappa shape index (κ3) is 5.45. The number of aromatic nitrogens is 1. The van der Waals surface area contributed by atoms with E-state index in [0.717, 1.165) is 6.07 Å². The zero-order valence-corrected chi connectivity index (χ0v) is 17.3. The van der Waals surface area contributed by atoms with Crippen molar-refractivity contribution in [2.75, 3.05) is 19.6 Å². The van der Waals surface area contributed by atoms with Crippen molar-refractivity contribution in [1.29, 1.82) is 0 Å². The molecular formula is C20H20ClF3N4O3. The predicted molar refractivity (Wildman–Crippen MR) is 107 cm³/mol. The van der Waals surface area contributed by atoms with Gasteiger partial charge >= 0.3 is 12.3 Å². The Balaban J connectivity index is 1.63. The van der Waals surface area contributed by atoms with Crippen LogP contribution in [0, 0.1) is 0 Å². The normalized spacial score (nSPS) is 17.5. The summed E-state index contributed by atoms with van der Waals surface area (Å²) in [5, 5.41) is -0.314. The Kier molecular flexibility index (Phi) is 6.71. The van der Waals surface area contributed by atoms with Crippen LogP contribution in [-0.4, -0.2) is 52.5 Å². The van der Waals surface area contributed by atoms with Crippen molar-refractivity contribution in [1.82, 2.24) is 14.8 Å². The summed E-state index contributed by atoms with van der Waals surface area (Å²) >= 11 is 5.98. The van der Waals surface area contributed by atoms with Crippen molar-refractivity contribution in [2.45, 2.75) is 25.7 Å². The van der Waals surface area contributed by atoms with Gasteiger partial charge in [-0.05, 0) is 24.6 Å². The molecule has 11 heteroatoms. The number of piperazine rings is 1. The number of hydrogen-bond acceptors (Lipinski definition) is 5. The Labute approximate surface area is 181 Å². The lowest BCUT2D eigenvalue weighted by Gasteiger charge is -2.39. The van der Waals surface area contributed by atoms with Gasteiger partial charge in [0, 0.05) is 38.4 Å². The minimum absolute atomic E-state index is 0.0895. The Morgan fingerprint density at radius 1 is 1.29 bits per heavy atom. The number of nitrogens with zero attached hydrogens (tertiary/aromatic N) is 3. The van der Waals surface area contributed by atoms with Gasteiger partial charge in [-0.3, -0.25) is 14.7 Å². The number of amides is 2. The molecule has 31 heavy (non-hydrogen) atoms. The highest BCUT2D eigenvalue weighted by molar-refractivity contribution is 6.32. The first-order valence-corrected chi connectivity index (χ1v) is 9.74. The first kappa shape index (κ1) is 22.8. The first-order valence-electron chi connectivity index (χ1n) is 9.36. The van der Waals surface area contributed by atoms with Crippen molar-refractivity contribution in [3.05, 3.63) is 58.4 Å². The number of pyridine rings is 1. The fourth-order valence-electron chi connectivity index (χ4n) is 3.38. The molecule has 1 aliphatic heterocycles. The molecule has 0 saturated carbocycles. The molecule has 1 unspecified atom stereocenters. The van der Waals surface area contributed by atoms with Crippen LogP contribution in [0.15, 0.2) is 36.7 Å². The Morgan fingerprint density at radius 3 is 2.68 bits per heavy atom. The number of nitrogens with two attached hydrogens (primary N) is 1. The van der Waals surface area contributed by atoms with Crippen molar-refractivity contribution in [3.63, 3.8) is 0 Å². The summed E-state index contributed by atoms with van der Waals surface area (Å²) in [4.78, 5) is 31.0. The quantitative estimate of drug-likeness (QED) is 0.760. The van der Waals surface area contributed by atoms with E-state index in [1.165, 1.54) is 29.4 Å². The van der Waals surface area contributed by atoms with Crippen LogP contribution >= 0.6 is 11.6 Å². The molecule has 0 spiro atoms. The number of halogens is 4. The van der Waals surface area contributed by atoms with Gasteiger partial charge in [0.05, 0.1) is 22.3 Å². The molecule has 2 N–H and O–H groups in total. The average molecular weight is 457 g/mol. The van der Waals surface area contributed by atoms with E-state index < -0.39 is 23.7 Å². The van der Waals surface area contributed by atoms with Crippen LogP contribution in [0.4, 0.5) is 18.0 Å². The van der Waals surface area contributed by atoms with Gasteiger partial charge in [0.2, 0.25) is 5.91 Å². The smallest absolute Gasteiger partial charge is 0.409 e. The first-order chi connectivity index (χ1) is 14.6. The second-order valence-electron chi connectivity index (χ2n) is 7.20. The average Bonchev–Trinajstić information content (AvgIpc) is 2.69. The van der Waals surface area contributed by atoms with Crippen molar-refractivity contribution in [3.8, 4) is 5.75 Å². The van der Waals surface area contributed by atoms with Gasteiger partial charge in [0.25, 0.3) is 0 Å². The lowest BCUT2D eigenvalue weighted by molar-refractivity contribution is -0.137. The summed E-state index contributed by atoms with van der Waals surface area (Å²) in [5.74, 6) is -0.604. The van der Waals surface area contributed by atoms with E-state index in [1.54, 1.807) is 13.0 Å². The fraction of sp³-hybridized carbons (Fsp3) is 0.350. The summed E-state index contributed by atoms with van der Waals surface area (Å²) in [6, 6.07) is 4.89. The van der Waals surface area contributed by atoms with Crippen molar-refractivity contribution in [2.24, 2.45) is 5.73 Å². The van der Waals surface area contributed by atoms with Crippen LogP contribution < -0.4 is 10.5 Å². The second-order valence-corrected chi connectivity index (χ2v) is 7.57. The number of benzene rings is 1. The highest BCUT2D eigenvalue weighted by Crippen LogP contribution is 2.36. The number of alkyl halides is 3. The number of carbonyl (C=O) groups excluding carboxylic acids is 2. The van der Waals surface area contributed by atoms with E-state index in [9.17, 15) is 22.8 Å². The molecule has 1 aromatic carbocycles. The van der Waals surface area contributed by atoms with Crippen LogP contribution in [0.25, 0.3) is 0 Å². The Bertz CT molecular complexity index is 986. The van der Waals surface area contributed by atoms with Crippen LogP contribution in [0.3, 0.4) is 0 Å². The largest absolute Gasteiger partial charge is 0.417 e. The highest BCUT2D eigenvalue weighted by Gasteiger charge is 2.34. The summed E-state index contributed by atoms with van der Waals surface area (Å²) in [6.45, 7) is 3.17. The van der Waals surface area contributed by atoms with Gasteiger partial charge in [-0.25, -0.2) is 4.79 Å². The van der Waals surface area contributed by atoms with Gasteiger partial charge in [-0.2, -0.15) is 13.2 Å². The third-order valence-corrected chi connectivity index (χ3v) is 5.37. The number of hydrogen-bond donors (Lipinski definition) is 1. The van der Waals surface area contributed by atoms with E-state index in [2.05, 4.69) is 4.98 Å². The summed E-state index contributed by atoms with van der Waals surface area (Å²) in [6.07, 6.45) is -2.59. The molecule has 3 rings (SSSR count). The maximum atomic E-state index is 13.1.